The Kier molecular flexibility index (Phi) is 17.2. The van der Waals surface area contributed by atoms with E-state index in [1.807, 2.05) is 0 Å². The lowest BCUT2D eigenvalue weighted by atomic mass is 9.91. The Bertz CT molecular complexity index is 8370. The molecule has 0 aliphatic rings. The van der Waals surface area contributed by atoms with E-state index in [0.717, 1.165) is 65.4 Å². The Morgan fingerprint density at radius 3 is 0.589 bits per heavy atom. The van der Waals surface area contributed by atoms with Crippen molar-refractivity contribution in [2.45, 2.75) is 0 Å². The van der Waals surface area contributed by atoms with Crippen LogP contribution in [0.1, 0.15) is 0 Å². The topological polar surface area (TPSA) is 77.3 Å². The van der Waals surface area contributed by atoms with E-state index in [1.54, 1.807) is 37.2 Å². The number of fused-ring (bicyclic) bond motifs is 31. The van der Waals surface area contributed by atoms with Crippen LogP contribution in [0.4, 0.5) is 0 Å². The zero-order valence-corrected chi connectivity index (χ0v) is 67.3. The van der Waals surface area contributed by atoms with E-state index in [2.05, 4.69) is 415 Å². The van der Waals surface area contributed by atoms with E-state index < -0.39 is 0 Å². The molecular formula is C118H72N6. The lowest BCUT2D eigenvalue weighted by Gasteiger charge is -2.13. The number of hydrogen-bond donors (Lipinski definition) is 0. The highest BCUT2D eigenvalue weighted by Crippen LogP contribution is 2.45. The van der Waals surface area contributed by atoms with Gasteiger partial charge in [0.05, 0.1) is 33.1 Å². The van der Waals surface area contributed by atoms with Crippen molar-refractivity contribution in [1.29, 1.82) is 0 Å². The van der Waals surface area contributed by atoms with Gasteiger partial charge >= 0.3 is 0 Å². The van der Waals surface area contributed by atoms with Crippen molar-refractivity contribution in [3.8, 4) is 77.9 Å². The van der Waals surface area contributed by atoms with Crippen LogP contribution in [-0.4, -0.2) is 29.9 Å². The summed E-state index contributed by atoms with van der Waals surface area (Å²) >= 11 is 0. The summed E-state index contributed by atoms with van der Waals surface area (Å²) in [6, 6.07) is 145. The van der Waals surface area contributed by atoms with Crippen molar-refractivity contribution in [3.05, 3.63) is 438 Å². The number of aromatic nitrogens is 6. The smallest absolute Gasteiger partial charge is 0.0971 e. The predicted octanol–water partition coefficient (Wildman–Crippen LogP) is 31.6. The van der Waals surface area contributed by atoms with Crippen LogP contribution in [0.5, 0.6) is 0 Å². The lowest BCUT2D eigenvalue weighted by Crippen LogP contribution is -1.89. The van der Waals surface area contributed by atoms with Crippen molar-refractivity contribution < 1.29 is 0 Å². The normalized spacial score (nSPS) is 11.7. The summed E-state index contributed by atoms with van der Waals surface area (Å²) in [5.41, 5.74) is 22.6. The van der Waals surface area contributed by atoms with E-state index in [-0.39, 0.29) is 0 Å². The van der Waals surface area contributed by atoms with Crippen molar-refractivity contribution in [1.82, 2.24) is 29.9 Å². The molecule has 6 nitrogen and oxygen atoms in total. The van der Waals surface area contributed by atoms with Gasteiger partial charge in [-0.3, -0.25) is 29.9 Å². The first-order valence-electron chi connectivity index (χ1n) is 42.2. The summed E-state index contributed by atoms with van der Waals surface area (Å²) in [5.74, 6) is 0. The first-order valence-corrected chi connectivity index (χ1v) is 42.2. The molecule has 0 spiro atoms. The van der Waals surface area contributed by atoms with Gasteiger partial charge < -0.3 is 0 Å². The fraction of sp³-hybridized carbons (Fsp3) is 0. The molecule has 0 amide bonds. The molecule has 0 saturated carbocycles. The Labute approximate surface area is 713 Å². The summed E-state index contributed by atoms with van der Waals surface area (Å²) in [4.78, 5) is 28.1. The Morgan fingerprint density at radius 2 is 0.282 bits per heavy atom. The molecule has 26 aromatic rings. The molecule has 26 rings (SSSR count). The molecule has 0 fully saturated rings. The van der Waals surface area contributed by atoms with Crippen LogP contribution in [0, 0.1) is 0 Å². The molecule has 0 N–H and O–H groups in total. The van der Waals surface area contributed by atoms with Gasteiger partial charge in [0.15, 0.2) is 0 Å². The van der Waals surface area contributed by atoms with Crippen LogP contribution in [0.3, 0.4) is 0 Å². The summed E-state index contributed by atoms with van der Waals surface area (Å²) in [6.45, 7) is 0. The molecule has 0 radical (unpaired) electrons. The van der Waals surface area contributed by atoms with E-state index in [0.29, 0.717) is 0 Å². The van der Waals surface area contributed by atoms with Crippen molar-refractivity contribution in [2.75, 3.05) is 0 Å². The molecule has 124 heavy (non-hydrogen) atoms. The number of benzene rings is 23. The number of nitrogens with zero attached hydrogens (tertiary/aromatic N) is 6. The lowest BCUT2D eigenvalue weighted by molar-refractivity contribution is 1.31. The van der Waals surface area contributed by atoms with Crippen LogP contribution in [-0.2, 0) is 0 Å². The maximum absolute atomic E-state index is 4.72. The molecule has 0 aliphatic heterocycles. The summed E-state index contributed by atoms with van der Waals surface area (Å²) < 4.78 is 0. The highest BCUT2D eigenvalue weighted by molar-refractivity contribution is 6.29. The molecule has 0 saturated heterocycles. The highest BCUT2D eigenvalue weighted by atomic mass is 14.8. The van der Waals surface area contributed by atoms with Gasteiger partial charge in [0.1, 0.15) is 0 Å². The monoisotopic (exact) mass is 1570 g/mol. The van der Waals surface area contributed by atoms with Gasteiger partial charge in [0, 0.05) is 69.5 Å². The number of rotatable bonds is 7. The zero-order valence-electron chi connectivity index (χ0n) is 67.3. The quantitative estimate of drug-likeness (QED) is 0.148. The first kappa shape index (κ1) is 71.6. The summed E-state index contributed by atoms with van der Waals surface area (Å²) in [6.07, 6.45) is 10.7. The molecular weight excluding hydrogens is 1500 g/mol. The molecule has 0 aliphatic carbocycles. The second-order valence-corrected chi connectivity index (χ2v) is 32.2. The van der Waals surface area contributed by atoms with Crippen LogP contribution >= 0.6 is 0 Å². The van der Waals surface area contributed by atoms with Crippen molar-refractivity contribution >= 4 is 173 Å². The average Bonchev–Trinajstić information content (AvgIpc) is 0.754. The average molecular weight is 1570 g/mol. The van der Waals surface area contributed by atoms with E-state index >= 15 is 0 Å². The summed E-state index contributed by atoms with van der Waals surface area (Å²) in [7, 11) is 0. The van der Waals surface area contributed by atoms with Crippen LogP contribution in [0.25, 0.3) is 251 Å². The third-order valence-corrected chi connectivity index (χ3v) is 25.4. The molecule has 23 aromatic carbocycles. The zero-order chi connectivity index (χ0) is 81.7. The minimum absolute atomic E-state index is 0.946. The molecule has 574 valence electrons. The maximum atomic E-state index is 4.72. The third kappa shape index (κ3) is 12.2. The first-order chi connectivity index (χ1) is 61.5. The van der Waals surface area contributed by atoms with Gasteiger partial charge in [-0.25, -0.2) is 0 Å². The van der Waals surface area contributed by atoms with Crippen LogP contribution < -0.4 is 0 Å². The molecule has 0 unspecified atom stereocenters. The van der Waals surface area contributed by atoms with Crippen LogP contribution in [0.2, 0.25) is 0 Å². The van der Waals surface area contributed by atoms with Crippen LogP contribution in [0.15, 0.2) is 438 Å². The third-order valence-electron chi connectivity index (χ3n) is 25.4. The van der Waals surface area contributed by atoms with Gasteiger partial charge in [-0.2, -0.15) is 0 Å². The van der Waals surface area contributed by atoms with E-state index in [4.69, 9.17) is 15.0 Å². The number of hydrogen-bond acceptors (Lipinski definition) is 6. The molecule has 3 heterocycles. The second kappa shape index (κ2) is 29.8. The fourth-order valence-electron chi connectivity index (χ4n) is 19.6. The maximum Gasteiger partial charge on any atom is 0.0971 e. The van der Waals surface area contributed by atoms with Gasteiger partial charge in [0.2, 0.25) is 0 Å². The largest absolute Gasteiger partial charge is 0.252 e. The van der Waals surface area contributed by atoms with Gasteiger partial charge in [-0.1, -0.05) is 352 Å². The highest BCUT2D eigenvalue weighted by Gasteiger charge is 2.19. The Morgan fingerprint density at radius 1 is 0.105 bits per heavy atom. The van der Waals surface area contributed by atoms with E-state index in [1.165, 1.54) is 186 Å². The Hall–Kier alpha value is -16.5. The molecule has 0 bridgehead atoms. The molecule has 3 aromatic heterocycles. The predicted molar refractivity (Wildman–Crippen MR) is 524 cm³/mol. The minimum atomic E-state index is 0.946. The minimum Gasteiger partial charge on any atom is -0.252 e. The van der Waals surface area contributed by atoms with Crippen molar-refractivity contribution in [3.63, 3.8) is 0 Å². The van der Waals surface area contributed by atoms with E-state index in [9.17, 15) is 0 Å². The summed E-state index contributed by atoms with van der Waals surface area (Å²) in [5, 5.41) is 32.1. The van der Waals surface area contributed by atoms with Crippen molar-refractivity contribution in [2.24, 2.45) is 0 Å². The van der Waals surface area contributed by atoms with Gasteiger partial charge in [0.25, 0.3) is 0 Å². The fourth-order valence-corrected chi connectivity index (χ4v) is 19.6. The Balaban J connectivity index is 0.000000105. The second-order valence-electron chi connectivity index (χ2n) is 32.2. The van der Waals surface area contributed by atoms with Gasteiger partial charge in [-0.05, 0) is 234 Å². The molecule has 0 atom stereocenters. The van der Waals surface area contributed by atoms with Gasteiger partial charge in [-0.15, -0.1) is 0 Å². The standard InChI is InChI=1S/2C40H24N2.C38H24N2/c1-2-12-31-29(10-1)30-11-3-4-13-32(30)37-23-27(16-18-34(31)37)25-8-7-9-26(22-25)28-17-19-36-38(24-28)33-14-5-6-15-35(33)39-40(36)42-21-20-41-39;1-2-9-31-29(7-1)30-8-3-4-10-32(30)37-23-27(17-19-34(31)37)25-13-15-26(16-14-25)28-18-20-36-38(24-28)33-11-5-6-12-35(33)39-40(36)42-22-21-41-39;1-2-14-31-25(8-1)9-7-17-32(31)30-13-6-12-28(23-30)26-10-5-11-27(22-26)29-18-19-35-36(24-29)33-15-3-4-16-34(33)37-38(35)40-21-20-39-37/h2*1-24H;1-24H. The SMILES string of the molecule is c1cc(-c2ccc3c4ccccc4c4ccccc4c3c2)cc(-c2ccc3c(c2)c2ccccc2c2nccnc32)c1.c1cc(-c2cccc(-c3cccc4ccccc34)c2)cc(-c2ccc3c(c2)c2ccccc2c2nccnc32)c1.c1ccc2c(c1)c1ccccc1c1cc(-c3ccc(-c4ccc5c(c4)c4ccccc4c4nccnc54)cc3)ccc21. The molecule has 6 heteroatoms.